The maximum Gasteiger partial charge on any atom is 0.320 e. The molecule has 0 aromatic rings. The molecule has 0 aliphatic rings. The Hall–Kier alpha value is -1.14. The molecule has 0 saturated heterocycles. The van der Waals surface area contributed by atoms with Gasteiger partial charge in [0.25, 0.3) is 0 Å². The Morgan fingerprint density at radius 1 is 1.50 bits per heavy atom. The number of primary amides is 1. The van der Waals surface area contributed by atoms with E-state index in [-0.39, 0.29) is 12.8 Å². The van der Waals surface area contributed by atoms with E-state index < -0.39 is 24.6 Å². The summed E-state index contributed by atoms with van der Waals surface area (Å²) in [6.45, 7) is -0.435. The van der Waals surface area contributed by atoms with Crippen molar-refractivity contribution in [2.45, 2.75) is 18.9 Å². The smallest absolute Gasteiger partial charge is 0.320 e. The van der Waals surface area contributed by atoms with Crippen LogP contribution < -0.4 is 11.1 Å². The van der Waals surface area contributed by atoms with Crippen molar-refractivity contribution < 1.29 is 19.8 Å². The Morgan fingerprint density at radius 3 is 2.42 bits per heavy atom. The van der Waals surface area contributed by atoms with Gasteiger partial charge in [-0.05, 0) is 6.42 Å². The van der Waals surface area contributed by atoms with E-state index in [1.807, 2.05) is 0 Å². The van der Waals surface area contributed by atoms with Crippen molar-refractivity contribution in [2.24, 2.45) is 5.73 Å². The second-order valence-electron chi connectivity index (χ2n) is 2.26. The first kappa shape index (κ1) is 10.9. The van der Waals surface area contributed by atoms with Crippen molar-refractivity contribution in [1.29, 1.82) is 0 Å². The first-order chi connectivity index (χ1) is 5.57. The zero-order chi connectivity index (χ0) is 9.56. The number of carboxylic acids is 1. The fourth-order valence-electron chi connectivity index (χ4n) is 0.710. The topological polar surface area (TPSA) is 113 Å². The molecule has 0 saturated carbocycles. The minimum atomic E-state index is -1.11. The van der Waals surface area contributed by atoms with E-state index >= 15 is 0 Å². The highest BCUT2D eigenvalue weighted by molar-refractivity contribution is 5.77. The van der Waals surface area contributed by atoms with Crippen molar-refractivity contribution >= 4 is 11.9 Å². The van der Waals surface area contributed by atoms with Crippen molar-refractivity contribution in [3.8, 4) is 0 Å². The lowest BCUT2D eigenvalue weighted by molar-refractivity contribution is -0.140. The average Bonchev–Trinajstić information content (AvgIpc) is 1.96. The number of carbonyl (C=O) groups is 2. The summed E-state index contributed by atoms with van der Waals surface area (Å²) in [5.41, 5.74) is 4.81. The minimum Gasteiger partial charge on any atom is -0.480 e. The molecule has 0 unspecified atom stereocenters. The molecule has 0 aliphatic carbocycles. The number of rotatable bonds is 6. The predicted molar refractivity (Wildman–Crippen MR) is 40.1 cm³/mol. The maximum atomic E-state index is 10.4. The Kier molecular flexibility index (Phi) is 4.98. The molecule has 0 bridgehead atoms. The van der Waals surface area contributed by atoms with Gasteiger partial charge in [0.2, 0.25) is 5.91 Å². The molecule has 0 aromatic heterocycles. The van der Waals surface area contributed by atoms with Gasteiger partial charge in [-0.3, -0.25) is 14.9 Å². The number of aliphatic hydroxyl groups excluding tert-OH is 1. The fourth-order valence-corrected chi connectivity index (χ4v) is 0.710. The van der Waals surface area contributed by atoms with Crippen LogP contribution in [0.2, 0.25) is 0 Å². The quantitative estimate of drug-likeness (QED) is 0.358. The van der Waals surface area contributed by atoms with E-state index in [2.05, 4.69) is 5.32 Å². The molecule has 1 atom stereocenters. The van der Waals surface area contributed by atoms with E-state index in [0.717, 1.165) is 0 Å². The summed E-state index contributed by atoms with van der Waals surface area (Å²) in [6.07, 6.45) is 0.0786. The zero-order valence-corrected chi connectivity index (χ0v) is 6.49. The van der Waals surface area contributed by atoms with Crippen LogP contribution in [-0.4, -0.2) is 34.9 Å². The highest BCUT2D eigenvalue weighted by atomic mass is 16.4. The fraction of sp³-hybridized carbons (Fsp3) is 0.667. The largest absolute Gasteiger partial charge is 0.480 e. The molecule has 5 N–H and O–H groups in total. The van der Waals surface area contributed by atoms with Crippen LogP contribution in [0.5, 0.6) is 0 Å². The molecule has 12 heavy (non-hydrogen) atoms. The first-order valence-electron chi connectivity index (χ1n) is 3.43. The molecular formula is C6H12N2O4. The molecule has 0 aliphatic heterocycles. The van der Waals surface area contributed by atoms with E-state index in [1.54, 1.807) is 0 Å². The molecule has 6 heteroatoms. The van der Waals surface area contributed by atoms with E-state index in [1.165, 1.54) is 0 Å². The number of hydrogen-bond acceptors (Lipinski definition) is 4. The van der Waals surface area contributed by atoms with Gasteiger partial charge in [-0.2, -0.15) is 0 Å². The number of nitrogens with two attached hydrogens (primary N) is 1. The molecular weight excluding hydrogens is 164 g/mol. The third-order valence-corrected chi connectivity index (χ3v) is 1.32. The van der Waals surface area contributed by atoms with Crippen molar-refractivity contribution in [3.63, 3.8) is 0 Å². The van der Waals surface area contributed by atoms with Gasteiger partial charge in [0.15, 0.2) is 0 Å². The standard InChI is InChI=1S/C6H12N2O4/c7-5(10)2-1-4(6(11)12)8-3-9/h4,8-9H,1-3H2,(H2,7,10)(H,11,12)/t4-/m0/s1. The normalized spacial score (nSPS) is 12.4. The summed E-state index contributed by atoms with van der Waals surface area (Å²) in [5.74, 6) is -1.66. The van der Waals surface area contributed by atoms with Crippen molar-refractivity contribution in [1.82, 2.24) is 5.32 Å². The van der Waals surface area contributed by atoms with Gasteiger partial charge in [-0.1, -0.05) is 0 Å². The highest BCUT2D eigenvalue weighted by Crippen LogP contribution is 1.96. The Bertz CT molecular complexity index is 171. The van der Waals surface area contributed by atoms with Crippen LogP contribution in [0.25, 0.3) is 0 Å². The van der Waals surface area contributed by atoms with Gasteiger partial charge in [0, 0.05) is 6.42 Å². The van der Waals surface area contributed by atoms with Gasteiger partial charge in [-0.15, -0.1) is 0 Å². The number of hydrogen-bond donors (Lipinski definition) is 4. The highest BCUT2D eigenvalue weighted by Gasteiger charge is 2.16. The molecule has 0 aromatic carbocycles. The predicted octanol–water partition coefficient (Wildman–Crippen LogP) is -1.76. The summed E-state index contributed by atoms with van der Waals surface area (Å²) in [5, 5.41) is 19.1. The van der Waals surface area contributed by atoms with E-state index in [9.17, 15) is 9.59 Å². The lowest BCUT2D eigenvalue weighted by Crippen LogP contribution is -2.37. The molecule has 1 amide bonds. The SMILES string of the molecule is NC(=O)CC[C@H](NCO)C(=O)O. The van der Waals surface area contributed by atoms with E-state index in [4.69, 9.17) is 15.9 Å². The summed E-state index contributed by atoms with van der Waals surface area (Å²) in [6, 6.07) is -0.914. The second-order valence-corrected chi connectivity index (χ2v) is 2.26. The van der Waals surface area contributed by atoms with Crippen molar-refractivity contribution in [3.05, 3.63) is 0 Å². The molecule has 6 nitrogen and oxygen atoms in total. The lowest BCUT2D eigenvalue weighted by Gasteiger charge is -2.10. The van der Waals surface area contributed by atoms with Gasteiger partial charge in [-0.25, -0.2) is 0 Å². The van der Waals surface area contributed by atoms with E-state index in [0.29, 0.717) is 0 Å². The number of carbonyl (C=O) groups excluding carboxylic acids is 1. The second kappa shape index (κ2) is 5.50. The minimum absolute atomic E-state index is 0.00995. The number of aliphatic hydroxyl groups is 1. The number of aliphatic carboxylic acids is 1. The molecule has 0 radical (unpaired) electrons. The van der Waals surface area contributed by atoms with Crippen LogP contribution in [0.1, 0.15) is 12.8 Å². The van der Waals surface area contributed by atoms with Gasteiger partial charge >= 0.3 is 5.97 Å². The summed E-state index contributed by atoms with van der Waals surface area (Å²) in [7, 11) is 0. The maximum absolute atomic E-state index is 10.4. The van der Waals surface area contributed by atoms with Crippen molar-refractivity contribution in [2.75, 3.05) is 6.73 Å². The summed E-state index contributed by atoms with van der Waals surface area (Å²) in [4.78, 5) is 20.6. The van der Waals surface area contributed by atoms with Crippen LogP contribution >= 0.6 is 0 Å². The van der Waals surface area contributed by atoms with Gasteiger partial charge in [0.05, 0.1) is 6.73 Å². The molecule has 0 fully saturated rings. The third kappa shape index (κ3) is 4.64. The average molecular weight is 176 g/mol. The number of amides is 1. The number of carboxylic acid groups (broad SMARTS) is 1. The monoisotopic (exact) mass is 176 g/mol. The Labute approximate surface area is 69.4 Å². The Morgan fingerprint density at radius 2 is 2.08 bits per heavy atom. The third-order valence-electron chi connectivity index (χ3n) is 1.32. The Balaban J connectivity index is 3.79. The lowest BCUT2D eigenvalue weighted by atomic mass is 10.1. The summed E-state index contributed by atoms with van der Waals surface area (Å²) >= 11 is 0. The van der Waals surface area contributed by atoms with Crippen LogP contribution in [0, 0.1) is 0 Å². The van der Waals surface area contributed by atoms with Gasteiger partial charge in [0.1, 0.15) is 6.04 Å². The zero-order valence-electron chi connectivity index (χ0n) is 6.49. The molecule has 0 heterocycles. The molecule has 0 rings (SSSR count). The van der Waals surface area contributed by atoms with Crippen LogP contribution in [-0.2, 0) is 9.59 Å². The van der Waals surface area contributed by atoms with Crippen LogP contribution in [0.15, 0.2) is 0 Å². The van der Waals surface area contributed by atoms with Crippen LogP contribution in [0.3, 0.4) is 0 Å². The van der Waals surface area contributed by atoms with Gasteiger partial charge < -0.3 is 15.9 Å². The molecule has 70 valence electrons. The number of nitrogens with one attached hydrogen (secondary N) is 1. The first-order valence-corrected chi connectivity index (χ1v) is 3.43. The summed E-state index contributed by atoms with van der Waals surface area (Å²) < 4.78 is 0. The van der Waals surface area contributed by atoms with Crippen LogP contribution in [0.4, 0.5) is 0 Å². The molecule has 0 spiro atoms.